The van der Waals surface area contributed by atoms with Crippen LogP contribution in [0.25, 0.3) is 0 Å². The van der Waals surface area contributed by atoms with E-state index < -0.39 is 0 Å². The van der Waals surface area contributed by atoms with Gasteiger partial charge in [-0.3, -0.25) is 9.59 Å². The number of amides is 2. The predicted octanol–water partition coefficient (Wildman–Crippen LogP) is 0.538. The average molecular weight is 247 g/mol. The van der Waals surface area contributed by atoms with Gasteiger partial charge in [0.1, 0.15) is 0 Å². The third-order valence-electron chi connectivity index (χ3n) is 3.09. The first kappa shape index (κ1) is 12.8. The standard InChI is InChI=1S/C14H18N2O2/c1-10(2)9-15-12-8-13(17)16(14(12)18)11-6-4-3-5-7-11/h3-7,10,12,15H,8-9H2,1-2H3/p+1/t12-/m1/s1. The zero-order valence-corrected chi connectivity index (χ0v) is 10.8. The van der Waals surface area contributed by atoms with Gasteiger partial charge in [0.25, 0.3) is 5.91 Å². The Bertz CT molecular complexity index is 442. The van der Waals surface area contributed by atoms with Crippen molar-refractivity contribution in [1.82, 2.24) is 0 Å². The van der Waals surface area contributed by atoms with Gasteiger partial charge in [-0.05, 0) is 12.1 Å². The Morgan fingerprint density at radius 1 is 1.28 bits per heavy atom. The molecule has 0 bridgehead atoms. The molecule has 1 heterocycles. The molecule has 2 N–H and O–H groups in total. The average Bonchev–Trinajstić information content (AvgIpc) is 2.63. The summed E-state index contributed by atoms with van der Waals surface area (Å²) in [7, 11) is 0. The number of imide groups is 1. The van der Waals surface area contributed by atoms with Crippen LogP contribution in [0.1, 0.15) is 20.3 Å². The van der Waals surface area contributed by atoms with Crippen molar-refractivity contribution in [2.75, 3.05) is 11.4 Å². The SMILES string of the molecule is CC(C)C[NH2+][C@@H]1CC(=O)N(c2ccccc2)C1=O. The lowest BCUT2D eigenvalue weighted by Crippen LogP contribution is -2.92. The quantitative estimate of drug-likeness (QED) is 0.789. The Morgan fingerprint density at radius 2 is 1.94 bits per heavy atom. The molecule has 0 aromatic heterocycles. The molecule has 0 spiro atoms. The molecule has 2 amide bonds. The van der Waals surface area contributed by atoms with Crippen molar-refractivity contribution in [3.8, 4) is 0 Å². The van der Waals surface area contributed by atoms with Crippen molar-refractivity contribution in [2.24, 2.45) is 5.92 Å². The van der Waals surface area contributed by atoms with Gasteiger partial charge in [-0.25, -0.2) is 4.90 Å². The zero-order valence-electron chi connectivity index (χ0n) is 10.8. The normalized spacial score (nSPS) is 19.9. The van der Waals surface area contributed by atoms with E-state index >= 15 is 0 Å². The van der Waals surface area contributed by atoms with E-state index in [0.29, 0.717) is 18.0 Å². The highest BCUT2D eigenvalue weighted by Crippen LogP contribution is 2.20. The van der Waals surface area contributed by atoms with Crippen LogP contribution >= 0.6 is 0 Å². The molecule has 1 aromatic rings. The van der Waals surface area contributed by atoms with Crippen molar-refractivity contribution in [3.05, 3.63) is 30.3 Å². The number of carbonyl (C=O) groups is 2. The van der Waals surface area contributed by atoms with Crippen LogP contribution in [0, 0.1) is 5.92 Å². The van der Waals surface area contributed by atoms with Crippen LogP contribution < -0.4 is 10.2 Å². The van der Waals surface area contributed by atoms with E-state index in [1.54, 1.807) is 12.1 Å². The van der Waals surface area contributed by atoms with Crippen LogP contribution in [0.5, 0.6) is 0 Å². The molecule has 0 saturated carbocycles. The summed E-state index contributed by atoms with van der Waals surface area (Å²) in [5, 5.41) is 1.98. The molecule has 1 fully saturated rings. The van der Waals surface area contributed by atoms with E-state index in [1.165, 1.54) is 4.90 Å². The fraction of sp³-hybridized carbons (Fsp3) is 0.429. The van der Waals surface area contributed by atoms with E-state index in [9.17, 15) is 9.59 Å². The number of nitrogens with zero attached hydrogens (tertiary/aromatic N) is 1. The van der Waals surface area contributed by atoms with E-state index in [0.717, 1.165) is 6.54 Å². The number of para-hydroxylation sites is 1. The number of hydrogen-bond donors (Lipinski definition) is 1. The highest BCUT2D eigenvalue weighted by molar-refractivity contribution is 6.21. The fourth-order valence-electron chi connectivity index (χ4n) is 2.12. The maximum Gasteiger partial charge on any atom is 0.292 e. The molecule has 4 nitrogen and oxygen atoms in total. The van der Waals surface area contributed by atoms with E-state index in [4.69, 9.17) is 0 Å². The number of carbonyl (C=O) groups excluding carboxylic acids is 2. The molecule has 1 aromatic carbocycles. The Labute approximate surface area is 107 Å². The fourth-order valence-corrected chi connectivity index (χ4v) is 2.12. The number of anilines is 1. The van der Waals surface area contributed by atoms with Crippen LogP contribution in [0.3, 0.4) is 0 Å². The lowest BCUT2D eigenvalue weighted by Gasteiger charge is -2.14. The van der Waals surface area contributed by atoms with Crippen LogP contribution in [0.15, 0.2) is 30.3 Å². The van der Waals surface area contributed by atoms with Crippen LogP contribution in [0.4, 0.5) is 5.69 Å². The van der Waals surface area contributed by atoms with Crippen molar-refractivity contribution >= 4 is 17.5 Å². The lowest BCUT2D eigenvalue weighted by molar-refractivity contribution is -0.679. The Balaban J connectivity index is 2.10. The maximum atomic E-state index is 12.2. The van der Waals surface area contributed by atoms with Gasteiger partial charge in [-0.15, -0.1) is 0 Å². The largest absolute Gasteiger partial charge is 0.335 e. The minimum absolute atomic E-state index is 0.0909. The third-order valence-corrected chi connectivity index (χ3v) is 3.09. The summed E-state index contributed by atoms with van der Waals surface area (Å²) in [6, 6.07) is 8.88. The summed E-state index contributed by atoms with van der Waals surface area (Å²) in [5.74, 6) is 0.321. The molecule has 4 heteroatoms. The Kier molecular flexibility index (Phi) is 3.77. The van der Waals surface area contributed by atoms with E-state index in [-0.39, 0.29) is 17.9 Å². The molecule has 2 rings (SSSR count). The van der Waals surface area contributed by atoms with Crippen molar-refractivity contribution < 1.29 is 14.9 Å². The minimum atomic E-state index is -0.250. The van der Waals surface area contributed by atoms with Gasteiger partial charge in [-0.1, -0.05) is 32.0 Å². The monoisotopic (exact) mass is 247 g/mol. The predicted molar refractivity (Wildman–Crippen MR) is 69.0 cm³/mol. The van der Waals surface area contributed by atoms with Crippen LogP contribution in [-0.4, -0.2) is 24.4 Å². The smallest absolute Gasteiger partial charge is 0.292 e. The number of nitrogens with two attached hydrogens (primary N) is 1. The van der Waals surface area contributed by atoms with Crippen molar-refractivity contribution in [2.45, 2.75) is 26.3 Å². The summed E-state index contributed by atoms with van der Waals surface area (Å²) in [4.78, 5) is 25.4. The Morgan fingerprint density at radius 3 is 2.56 bits per heavy atom. The van der Waals surface area contributed by atoms with Gasteiger partial charge < -0.3 is 5.32 Å². The lowest BCUT2D eigenvalue weighted by atomic mass is 10.2. The maximum absolute atomic E-state index is 12.2. The van der Waals surface area contributed by atoms with Gasteiger partial charge in [0, 0.05) is 5.92 Å². The summed E-state index contributed by atoms with van der Waals surface area (Å²) in [6.45, 7) is 5.08. The molecule has 96 valence electrons. The number of quaternary nitrogens is 1. The molecule has 1 atom stereocenters. The molecule has 1 aliphatic heterocycles. The van der Waals surface area contributed by atoms with Gasteiger partial charge >= 0.3 is 0 Å². The molecule has 18 heavy (non-hydrogen) atoms. The molecule has 1 aliphatic rings. The summed E-state index contributed by atoms with van der Waals surface area (Å²) < 4.78 is 0. The second-order valence-electron chi connectivity index (χ2n) is 5.08. The second kappa shape index (κ2) is 5.31. The summed E-state index contributed by atoms with van der Waals surface area (Å²) in [6.07, 6.45) is 0.306. The van der Waals surface area contributed by atoms with Crippen molar-refractivity contribution in [3.63, 3.8) is 0 Å². The van der Waals surface area contributed by atoms with Crippen LogP contribution in [-0.2, 0) is 9.59 Å². The topological polar surface area (TPSA) is 54.0 Å². The van der Waals surface area contributed by atoms with Crippen LogP contribution in [0.2, 0.25) is 0 Å². The van der Waals surface area contributed by atoms with Crippen molar-refractivity contribution in [1.29, 1.82) is 0 Å². The number of rotatable bonds is 4. The summed E-state index contributed by atoms with van der Waals surface area (Å²) in [5.41, 5.74) is 0.674. The second-order valence-corrected chi connectivity index (χ2v) is 5.08. The highest BCUT2D eigenvalue weighted by Gasteiger charge is 2.41. The van der Waals surface area contributed by atoms with E-state index in [1.807, 2.05) is 23.5 Å². The van der Waals surface area contributed by atoms with E-state index in [2.05, 4.69) is 13.8 Å². The first-order valence-corrected chi connectivity index (χ1v) is 6.34. The molecule has 0 unspecified atom stereocenters. The first-order chi connectivity index (χ1) is 8.59. The molecule has 0 radical (unpaired) electrons. The molecule has 1 saturated heterocycles. The molecular formula is C14H19N2O2+. The number of benzene rings is 1. The van der Waals surface area contributed by atoms with Gasteiger partial charge in [0.2, 0.25) is 5.91 Å². The highest BCUT2D eigenvalue weighted by atomic mass is 16.2. The summed E-state index contributed by atoms with van der Waals surface area (Å²) >= 11 is 0. The van der Waals surface area contributed by atoms with Gasteiger partial charge in [-0.2, -0.15) is 0 Å². The third kappa shape index (κ3) is 2.59. The Hall–Kier alpha value is -1.68. The minimum Gasteiger partial charge on any atom is -0.335 e. The zero-order chi connectivity index (χ0) is 13.1. The molecule has 0 aliphatic carbocycles. The molecular weight excluding hydrogens is 228 g/mol. The first-order valence-electron chi connectivity index (χ1n) is 6.34. The van der Waals surface area contributed by atoms with Gasteiger partial charge in [0.15, 0.2) is 6.04 Å². The number of hydrogen-bond acceptors (Lipinski definition) is 2. The van der Waals surface area contributed by atoms with Gasteiger partial charge in [0.05, 0.1) is 18.7 Å².